The Morgan fingerprint density at radius 1 is 1.64 bits per heavy atom. The predicted octanol–water partition coefficient (Wildman–Crippen LogP) is 3.14. The van der Waals surface area contributed by atoms with E-state index >= 15 is 0 Å². The number of amides is 1. The van der Waals surface area contributed by atoms with Crippen molar-refractivity contribution >= 4 is 34.2 Å². The average molecular weight is 235 g/mol. The minimum Gasteiger partial charge on any atom is -0.444 e. The average Bonchev–Trinajstić information content (AvgIpc) is 2.30. The lowest BCUT2D eigenvalue weighted by Crippen LogP contribution is -2.27. The summed E-state index contributed by atoms with van der Waals surface area (Å²) in [6.07, 6.45) is 0.947. The van der Waals surface area contributed by atoms with E-state index in [1.54, 1.807) is 20.8 Å². The van der Waals surface area contributed by atoms with Crippen LogP contribution in [0.15, 0.2) is 6.20 Å². The zero-order valence-corrected chi connectivity index (χ0v) is 9.70. The topological polar surface area (TPSA) is 51.2 Å². The van der Waals surface area contributed by atoms with E-state index in [0.29, 0.717) is 9.47 Å². The van der Waals surface area contributed by atoms with Gasteiger partial charge in [-0.15, -0.1) is 0 Å². The van der Waals surface area contributed by atoms with Crippen LogP contribution in [0, 0.1) is 0 Å². The molecule has 0 spiro atoms. The van der Waals surface area contributed by atoms with Gasteiger partial charge in [-0.3, -0.25) is 5.32 Å². The Morgan fingerprint density at radius 3 is 2.71 bits per heavy atom. The molecule has 1 heterocycles. The van der Waals surface area contributed by atoms with E-state index in [4.69, 9.17) is 16.3 Å². The molecule has 0 aliphatic heterocycles. The van der Waals surface area contributed by atoms with Gasteiger partial charge in [-0.05, 0) is 20.8 Å². The minimum atomic E-state index is -0.525. The number of rotatable bonds is 1. The van der Waals surface area contributed by atoms with Gasteiger partial charge in [0, 0.05) is 0 Å². The molecule has 0 bridgehead atoms. The molecule has 0 saturated heterocycles. The van der Waals surface area contributed by atoms with Gasteiger partial charge in [-0.25, -0.2) is 9.78 Å². The number of ether oxygens (including phenoxy) is 1. The van der Waals surface area contributed by atoms with Gasteiger partial charge in [0.25, 0.3) is 0 Å². The number of anilines is 1. The molecule has 0 unspecified atom stereocenters. The van der Waals surface area contributed by atoms with Crippen molar-refractivity contribution in [2.24, 2.45) is 0 Å². The lowest BCUT2D eigenvalue weighted by atomic mass is 10.2. The fraction of sp³-hybridized carbons (Fsp3) is 0.500. The number of halogens is 1. The molecule has 6 heteroatoms. The van der Waals surface area contributed by atoms with Crippen LogP contribution < -0.4 is 5.32 Å². The molecule has 14 heavy (non-hydrogen) atoms. The number of nitrogens with zero attached hydrogens (tertiary/aromatic N) is 1. The van der Waals surface area contributed by atoms with Crippen molar-refractivity contribution in [2.45, 2.75) is 26.4 Å². The Bertz CT molecular complexity index is 332. The molecule has 0 aromatic carbocycles. The Hall–Kier alpha value is -0.810. The molecular weight excluding hydrogens is 224 g/mol. The van der Waals surface area contributed by atoms with E-state index in [9.17, 15) is 4.79 Å². The summed E-state index contributed by atoms with van der Waals surface area (Å²) in [6.45, 7) is 5.38. The standard InChI is InChI=1S/C8H11ClN2O2S/c1-8(2,3)13-7(12)11-6-10-4-5(9)14-6/h4H,1-3H3,(H,10,11,12). The minimum absolute atomic E-state index is 0.434. The van der Waals surface area contributed by atoms with Crippen molar-refractivity contribution < 1.29 is 9.53 Å². The van der Waals surface area contributed by atoms with Gasteiger partial charge in [-0.2, -0.15) is 0 Å². The van der Waals surface area contributed by atoms with Gasteiger partial charge >= 0.3 is 6.09 Å². The summed E-state index contributed by atoms with van der Waals surface area (Å²) in [5.74, 6) is 0. The molecule has 4 nitrogen and oxygen atoms in total. The first-order valence-corrected chi connectivity index (χ1v) is 5.17. The molecule has 0 aliphatic rings. The van der Waals surface area contributed by atoms with Crippen LogP contribution in [0.2, 0.25) is 4.34 Å². The molecule has 0 saturated carbocycles. The molecule has 0 aliphatic carbocycles. The molecular formula is C8H11ClN2O2S. The Balaban J connectivity index is 2.50. The van der Waals surface area contributed by atoms with E-state index in [1.165, 1.54) is 17.5 Å². The molecule has 1 N–H and O–H groups in total. The second kappa shape index (κ2) is 4.14. The van der Waals surface area contributed by atoms with Gasteiger partial charge in [0.05, 0.1) is 6.20 Å². The fourth-order valence-electron chi connectivity index (χ4n) is 0.703. The SMILES string of the molecule is CC(C)(C)OC(=O)Nc1ncc(Cl)s1. The largest absolute Gasteiger partial charge is 0.444 e. The van der Waals surface area contributed by atoms with Crippen molar-refractivity contribution in [3.63, 3.8) is 0 Å². The number of thiazole rings is 1. The molecule has 0 atom stereocenters. The van der Waals surface area contributed by atoms with Gasteiger partial charge in [0.15, 0.2) is 5.13 Å². The molecule has 0 radical (unpaired) electrons. The maximum absolute atomic E-state index is 11.2. The van der Waals surface area contributed by atoms with Crippen LogP contribution in [0.25, 0.3) is 0 Å². The van der Waals surface area contributed by atoms with Crippen LogP contribution >= 0.6 is 22.9 Å². The highest BCUT2D eigenvalue weighted by atomic mass is 35.5. The zero-order chi connectivity index (χ0) is 10.8. The van der Waals surface area contributed by atoms with Crippen LogP contribution in [0.3, 0.4) is 0 Å². The van der Waals surface area contributed by atoms with Gasteiger partial charge in [0.1, 0.15) is 9.94 Å². The molecule has 1 rings (SSSR count). The summed E-state index contributed by atoms with van der Waals surface area (Å²) < 4.78 is 5.55. The first-order valence-electron chi connectivity index (χ1n) is 3.98. The first kappa shape index (κ1) is 11.3. The third-order valence-corrected chi connectivity index (χ3v) is 2.12. The maximum atomic E-state index is 11.2. The van der Waals surface area contributed by atoms with Crippen LogP contribution in [0.5, 0.6) is 0 Å². The molecule has 1 aromatic heterocycles. The van der Waals surface area contributed by atoms with Crippen molar-refractivity contribution in [3.05, 3.63) is 10.5 Å². The van der Waals surface area contributed by atoms with Crippen LogP contribution in [-0.2, 0) is 4.74 Å². The summed E-state index contributed by atoms with van der Waals surface area (Å²) in [5, 5.41) is 2.92. The first-order chi connectivity index (χ1) is 6.37. The van der Waals surface area contributed by atoms with Crippen LogP contribution in [0.1, 0.15) is 20.8 Å². The second-order valence-corrected chi connectivity index (χ2v) is 5.26. The third kappa shape index (κ3) is 3.93. The van der Waals surface area contributed by atoms with E-state index in [0.717, 1.165) is 0 Å². The Kier molecular flexibility index (Phi) is 3.34. The molecule has 1 amide bonds. The zero-order valence-electron chi connectivity index (χ0n) is 8.13. The summed E-state index contributed by atoms with van der Waals surface area (Å²) in [5.41, 5.74) is -0.509. The maximum Gasteiger partial charge on any atom is 0.413 e. The van der Waals surface area contributed by atoms with Crippen molar-refractivity contribution in [1.29, 1.82) is 0 Å². The van der Waals surface area contributed by atoms with E-state index in [1.807, 2.05) is 0 Å². The van der Waals surface area contributed by atoms with Crippen molar-refractivity contribution in [2.75, 3.05) is 5.32 Å². The highest BCUT2D eigenvalue weighted by molar-refractivity contribution is 7.19. The summed E-state index contributed by atoms with van der Waals surface area (Å²) in [7, 11) is 0. The number of hydrogen-bond donors (Lipinski definition) is 1. The lowest BCUT2D eigenvalue weighted by molar-refractivity contribution is 0.0636. The highest BCUT2D eigenvalue weighted by Crippen LogP contribution is 2.22. The Morgan fingerprint density at radius 2 is 2.29 bits per heavy atom. The normalized spacial score (nSPS) is 11.1. The van der Waals surface area contributed by atoms with Crippen LogP contribution in [-0.4, -0.2) is 16.7 Å². The monoisotopic (exact) mass is 234 g/mol. The van der Waals surface area contributed by atoms with Crippen molar-refractivity contribution in [3.8, 4) is 0 Å². The summed E-state index contributed by atoms with van der Waals surface area (Å²) in [6, 6.07) is 0. The second-order valence-electron chi connectivity index (χ2n) is 3.60. The van der Waals surface area contributed by atoms with E-state index < -0.39 is 11.7 Å². The highest BCUT2D eigenvalue weighted by Gasteiger charge is 2.16. The number of aromatic nitrogens is 1. The molecule has 0 fully saturated rings. The fourth-order valence-corrected chi connectivity index (χ4v) is 1.50. The Labute approximate surface area is 91.2 Å². The number of carbonyl (C=O) groups excluding carboxylic acids is 1. The summed E-state index contributed by atoms with van der Waals surface area (Å²) in [4.78, 5) is 15.1. The van der Waals surface area contributed by atoms with Gasteiger partial charge in [0.2, 0.25) is 0 Å². The van der Waals surface area contributed by atoms with E-state index in [-0.39, 0.29) is 0 Å². The number of nitrogens with one attached hydrogen (secondary N) is 1. The quantitative estimate of drug-likeness (QED) is 0.812. The van der Waals surface area contributed by atoms with E-state index in [2.05, 4.69) is 10.3 Å². The molecule has 78 valence electrons. The number of hydrogen-bond acceptors (Lipinski definition) is 4. The predicted molar refractivity (Wildman–Crippen MR) is 57.0 cm³/mol. The smallest absolute Gasteiger partial charge is 0.413 e. The molecule has 1 aromatic rings. The van der Waals surface area contributed by atoms with Gasteiger partial charge < -0.3 is 4.74 Å². The van der Waals surface area contributed by atoms with Crippen molar-refractivity contribution in [1.82, 2.24) is 4.98 Å². The summed E-state index contributed by atoms with van der Waals surface area (Å²) >= 11 is 6.83. The van der Waals surface area contributed by atoms with Crippen LogP contribution in [0.4, 0.5) is 9.93 Å². The third-order valence-electron chi connectivity index (χ3n) is 1.09. The number of carbonyl (C=O) groups is 1. The van der Waals surface area contributed by atoms with Gasteiger partial charge in [-0.1, -0.05) is 22.9 Å². The lowest BCUT2D eigenvalue weighted by Gasteiger charge is -2.18.